The van der Waals surface area contributed by atoms with Crippen molar-refractivity contribution in [3.63, 3.8) is 0 Å². The summed E-state index contributed by atoms with van der Waals surface area (Å²) in [5.74, 6) is 0. The molecule has 22 heavy (non-hydrogen) atoms. The number of rotatable bonds is 3. The highest BCUT2D eigenvalue weighted by Gasteiger charge is 2.30. The van der Waals surface area contributed by atoms with Gasteiger partial charge in [-0.15, -0.1) is 0 Å². The molecule has 0 aliphatic rings. The first kappa shape index (κ1) is 15.9. The molecule has 0 unspecified atom stereocenters. The van der Waals surface area contributed by atoms with Gasteiger partial charge in [0.15, 0.2) is 0 Å². The van der Waals surface area contributed by atoms with Crippen LogP contribution in [0.1, 0.15) is 16.7 Å². The van der Waals surface area contributed by atoms with Crippen molar-refractivity contribution in [2.45, 2.75) is 19.6 Å². The fourth-order valence-corrected chi connectivity index (χ4v) is 1.92. The molecule has 0 bridgehead atoms. The van der Waals surface area contributed by atoms with Crippen molar-refractivity contribution in [3.8, 4) is 0 Å². The summed E-state index contributed by atoms with van der Waals surface area (Å²) in [5, 5.41) is 5.19. The van der Waals surface area contributed by atoms with Crippen LogP contribution in [0.25, 0.3) is 0 Å². The van der Waals surface area contributed by atoms with Gasteiger partial charge in [-0.05, 0) is 36.2 Å². The minimum atomic E-state index is -4.39. The van der Waals surface area contributed by atoms with Crippen LogP contribution in [-0.2, 0) is 12.7 Å². The second-order valence-electron chi connectivity index (χ2n) is 4.82. The van der Waals surface area contributed by atoms with Crippen LogP contribution in [-0.4, -0.2) is 6.03 Å². The number of urea groups is 1. The monoisotopic (exact) mass is 308 g/mol. The van der Waals surface area contributed by atoms with E-state index in [1.165, 1.54) is 12.1 Å². The minimum absolute atomic E-state index is 0.0155. The van der Waals surface area contributed by atoms with Gasteiger partial charge in [-0.2, -0.15) is 13.2 Å². The van der Waals surface area contributed by atoms with Crippen molar-refractivity contribution in [3.05, 3.63) is 65.2 Å². The fraction of sp³-hybridized carbons (Fsp3) is 0.188. The molecular formula is C16H15F3N2O. The Morgan fingerprint density at radius 1 is 1.09 bits per heavy atom. The first-order valence-electron chi connectivity index (χ1n) is 6.63. The smallest absolute Gasteiger partial charge is 0.334 e. The molecule has 2 N–H and O–H groups in total. The second-order valence-corrected chi connectivity index (χ2v) is 4.82. The maximum atomic E-state index is 12.6. The maximum Gasteiger partial charge on any atom is 0.416 e. The lowest BCUT2D eigenvalue weighted by atomic mass is 10.1. The molecule has 0 atom stereocenters. The summed E-state index contributed by atoms with van der Waals surface area (Å²) < 4.78 is 37.8. The third-order valence-electron chi connectivity index (χ3n) is 3.10. The van der Waals surface area contributed by atoms with E-state index in [9.17, 15) is 18.0 Å². The van der Waals surface area contributed by atoms with Gasteiger partial charge in [0.25, 0.3) is 0 Å². The minimum Gasteiger partial charge on any atom is -0.334 e. The van der Waals surface area contributed by atoms with E-state index < -0.39 is 17.8 Å². The lowest BCUT2D eigenvalue weighted by molar-refractivity contribution is -0.137. The number of hydrogen-bond donors (Lipinski definition) is 2. The Labute approximate surface area is 126 Å². The SMILES string of the molecule is Cc1ccccc1NC(=O)NCc1cccc(C(F)(F)F)c1. The molecule has 0 aliphatic carbocycles. The van der Waals surface area contributed by atoms with Crippen molar-refractivity contribution in [1.29, 1.82) is 0 Å². The number of para-hydroxylation sites is 1. The van der Waals surface area contributed by atoms with E-state index in [4.69, 9.17) is 0 Å². The lowest BCUT2D eigenvalue weighted by Crippen LogP contribution is -2.28. The van der Waals surface area contributed by atoms with E-state index in [1.807, 2.05) is 19.1 Å². The van der Waals surface area contributed by atoms with Gasteiger partial charge in [0.1, 0.15) is 0 Å². The Kier molecular flexibility index (Phi) is 4.70. The molecule has 0 aliphatic heterocycles. The zero-order valence-corrected chi connectivity index (χ0v) is 11.9. The highest BCUT2D eigenvalue weighted by molar-refractivity contribution is 5.89. The second kappa shape index (κ2) is 6.51. The molecule has 0 spiro atoms. The summed E-state index contributed by atoms with van der Waals surface area (Å²) in [7, 11) is 0. The molecule has 0 heterocycles. The molecule has 2 rings (SSSR count). The highest BCUT2D eigenvalue weighted by Crippen LogP contribution is 2.29. The molecule has 2 aromatic carbocycles. The Balaban J connectivity index is 1.96. The van der Waals surface area contributed by atoms with E-state index in [0.29, 0.717) is 11.3 Å². The van der Waals surface area contributed by atoms with Crippen LogP contribution in [0, 0.1) is 6.92 Å². The van der Waals surface area contributed by atoms with Crippen LogP contribution in [0.3, 0.4) is 0 Å². The molecule has 2 amide bonds. The first-order chi connectivity index (χ1) is 10.4. The number of anilines is 1. The van der Waals surface area contributed by atoms with Gasteiger partial charge in [-0.25, -0.2) is 4.79 Å². The molecule has 3 nitrogen and oxygen atoms in total. The third kappa shape index (κ3) is 4.25. The maximum absolute atomic E-state index is 12.6. The number of aryl methyl sites for hydroxylation is 1. The predicted molar refractivity (Wildman–Crippen MR) is 78.5 cm³/mol. The van der Waals surface area contributed by atoms with Gasteiger partial charge in [0, 0.05) is 12.2 Å². The molecule has 0 saturated heterocycles. The largest absolute Gasteiger partial charge is 0.416 e. The Hall–Kier alpha value is -2.50. The third-order valence-corrected chi connectivity index (χ3v) is 3.10. The number of benzene rings is 2. The molecule has 0 aromatic heterocycles. The van der Waals surface area contributed by atoms with E-state index >= 15 is 0 Å². The molecule has 0 fully saturated rings. The summed E-state index contributed by atoms with van der Waals surface area (Å²) in [6, 6.07) is 11.6. The zero-order valence-electron chi connectivity index (χ0n) is 11.9. The van der Waals surface area contributed by atoms with Crippen LogP contribution in [0.15, 0.2) is 48.5 Å². The summed E-state index contributed by atoms with van der Waals surface area (Å²) in [6.45, 7) is 1.87. The standard InChI is InChI=1S/C16H15F3N2O/c1-11-5-2-3-8-14(11)21-15(22)20-10-12-6-4-7-13(9-12)16(17,18)19/h2-9H,10H2,1H3,(H2,20,21,22). The van der Waals surface area contributed by atoms with E-state index in [-0.39, 0.29) is 6.54 Å². The molecule has 0 radical (unpaired) electrons. The molecule has 116 valence electrons. The average molecular weight is 308 g/mol. The Morgan fingerprint density at radius 3 is 2.50 bits per heavy atom. The van der Waals surface area contributed by atoms with Crippen LogP contribution in [0.4, 0.5) is 23.7 Å². The summed E-state index contributed by atoms with van der Waals surface area (Å²) in [6.07, 6.45) is -4.39. The number of amides is 2. The van der Waals surface area contributed by atoms with Gasteiger partial charge in [0.05, 0.1) is 5.56 Å². The van der Waals surface area contributed by atoms with Crippen LogP contribution in [0.2, 0.25) is 0 Å². The lowest BCUT2D eigenvalue weighted by Gasteiger charge is -2.11. The van der Waals surface area contributed by atoms with E-state index in [1.54, 1.807) is 12.1 Å². The van der Waals surface area contributed by atoms with Crippen molar-refractivity contribution in [1.82, 2.24) is 5.32 Å². The number of halogens is 3. The molecule has 2 aromatic rings. The number of carbonyl (C=O) groups excluding carboxylic acids is 1. The first-order valence-corrected chi connectivity index (χ1v) is 6.63. The molecule has 0 saturated carbocycles. The number of nitrogens with one attached hydrogen (secondary N) is 2. The Bertz CT molecular complexity index is 668. The van der Waals surface area contributed by atoms with E-state index in [2.05, 4.69) is 10.6 Å². The average Bonchev–Trinajstić information content (AvgIpc) is 2.47. The summed E-state index contributed by atoms with van der Waals surface area (Å²) in [5.41, 5.74) is 1.21. The predicted octanol–water partition coefficient (Wildman–Crippen LogP) is 4.34. The van der Waals surface area contributed by atoms with Crippen molar-refractivity contribution in [2.24, 2.45) is 0 Å². The number of carbonyl (C=O) groups is 1. The van der Waals surface area contributed by atoms with Crippen LogP contribution in [0.5, 0.6) is 0 Å². The highest BCUT2D eigenvalue weighted by atomic mass is 19.4. The fourth-order valence-electron chi connectivity index (χ4n) is 1.92. The van der Waals surface area contributed by atoms with Gasteiger partial charge >= 0.3 is 12.2 Å². The topological polar surface area (TPSA) is 41.1 Å². The number of alkyl halides is 3. The molecular weight excluding hydrogens is 293 g/mol. The Morgan fingerprint density at radius 2 is 1.82 bits per heavy atom. The normalized spacial score (nSPS) is 11.1. The molecule has 6 heteroatoms. The summed E-state index contributed by atoms with van der Waals surface area (Å²) in [4.78, 5) is 11.8. The number of hydrogen-bond acceptors (Lipinski definition) is 1. The zero-order chi connectivity index (χ0) is 16.2. The van der Waals surface area contributed by atoms with Gasteiger partial charge in [0.2, 0.25) is 0 Å². The summed E-state index contributed by atoms with van der Waals surface area (Å²) >= 11 is 0. The van der Waals surface area contributed by atoms with Gasteiger partial charge in [-0.1, -0.05) is 30.3 Å². The van der Waals surface area contributed by atoms with Gasteiger partial charge < -0.3 is 10.6 Å². The van der Waals surface area contributed by atoms with Crippen molar-refractivity contribution in [2.75, 3.05) is 5.32 Å². The van der Waals surface area contributed by atoms with Crippen molar-refractivity contribution >= 4 is 11.7 Å². The quantitative estimate of drug-likeness (QED) is 0.870. The van der Waals surface area contributed by atoms with E-state index in [0.717, 1.165) is 17.7 Å². The van der Waals surface area contributed by atoms with Crippen LogP contribution >= 0.6 is 0 Å². The van der Waals surface area contributed by atoms with Crippen LogP contribution < -0.4 is 10.6 Å². The van der Waals surface area contributed by atoms with Gasteiger partial charge in [-0.3, -0.25) is 0 Å². The van der Waals surface area contributed by atoms with Crippen molar-refractivity contribution < 1.29 is 18.0 Å².